The van der Waals surface area contributed by atoms with E-state index in [1.165, 1.54) is 41.5 Å². The van der Waals surface area contributed by atoms with Crippen LogP contribution in [0.15, 0.2) is 34.0 Å². The highest BCUT2D eigenvalue weighted by molar-refractivity contribution is 7.18. The molecule has 2 atom stereocenters. The number of amides is 1. The summed E-state index contributed by atoms with van der Waals surface area (Å²) in [5.41, 5.74) is 0.816. The van der Waals surface area contributed by atoms with E-state index in [-0.39, 0.29) is 18.0 Å². The Labute approximate surface area is 165 Å². The van der Waals surface area contributed by atoms with Gasteiger partial charge in [-0.2, -0.15) is 0 Å². The minimum Gasteiger partial charge on any atom is -0.338 e. The molecule has 0 bridgehead atoms. The van der Waals surface area contributed by atoms with Crippen LogP contribution in [0.25, 0.3) is 20.7 Å². The van der Waals surface area contributed by atoms with Crippen LogP contribution in [0.2, 0.25) is 0 Å². The summed E-state index contributed by atoms with van der Waals surface area (Å²) in [4.78, 5) is 34.4. The lowest BCUT2D eigenvalue weighted by Crippen LogP contribution is -2.48. The van der Waals surface area contributed by atoms with Gasteiger partial charge in [0.05, 0.1) is 11.7 Å². The Kier molecular flexibility index (Phi) is 4.36. The number of fused-ring (bicyclic) bond motifs is 2. The normalized spacial score (nSPS) is 22.3. The van der Waals surface area contributed by atoms with Crippen molar-refractivity contribution in [2.45, 2.75) is 44.7 Å². The molecule has 7 heteroatoms. The molecule has 2 fully saturated rings. The maximum absolute atomic E-state index is 13.1. The van der Waals surface area contributed by atoms with E-state index in [2.05, 4.69) is 4.98 Å². The van der Waals surface area contributed by atoms with Gasteiger partial charge in [0.1, 0.15) is 11.4 Å². The van der Waals surface area contributed by atoms with Gasteiger partial charge in [-0.1, -0.05) is 12.5 Å². The van der Waals surface area contributed by atoms with Gasteiger partial charge in [-0.25, -0.2) is 4.98 Å². The van der Waals surface area contributed by atoms with E-state index >= 15 is 0 Å². The van der Waals surface area contributed by atoms with Gasteiger partial charge in [0.15, 0.2) is 0 Å². The first-order chi connectivity index (χ1) is 13.2. The number of aromatic nitrogens is 2. The fourth-order valence-electron chi connectivity index (χ4n) is 4.69. The summed E-state index contributed by atoms with van der Waals surface area (Å²) < 4.78 is 1.49. The summed E-state index contributed by atoms with van der Waals surface area (Å²) in [5, 5.41) is 4.63. The van der Waals surface area contributed by atoms with E-state index in [0.717, 1.165) is 34.7 Å². The van der Waals surface area contributed by atoms with Crippen molar-refractivity contribution < 1.29 is 4.79 Å². The number of likely N-dealkylation sites (tertiary alicyclic amines) is 1. The lowest BCUT2D eigenvalue weighted by Gasteiger charge is -2.37. The molecular formula is C20H21N3O2S2. The Bertz CT molecular complexity index is 1040. The second-order valence-corrected chi connectivity index (χ2v) is 9.28. The predicted molar refractivity (Wildman–Crippen MR) is 109 cm³/mol. The van der Waals surface area contributed by atoms with Crippen molar-refractivity contribution in [1.82, 2.24) is 14.5 Å². The first-order valence-electron chi connectivity index (χ1n) is 9.52. The quantitative estimate of drug-likeness (QED) is 0.669. The number of piperidine rings is 1. The molecule has 140 valence electrons. The van der Waals surface area contributed by atoms with Gasteiger partial charge in [0, 0.05) is 28.4 Å². The number of rotatable bonds is 3. The van der Waals surface area contributed by atoms with Crippen LogP contribution in [0.3, 0.4) is 0 Å². The first-order valence-corrected chi connectivity index (χ1v) is 11.3. The van der Waals surface area contributed by atoms with E-state index in [0.29, 0.717) is 17.3 Å². The summed E-state index contributed by atoms with van der Waals surface area (Å²) in [6, 6.07) is 4.37. The summed E-state index contributed by atoms with van der Waals surface area (Å²) in [5.74, 6) is 0.713. The van der Waals surface area contributed by atoms with Crippen molar-refractivity contribution >= 4 is 38.8 Å². The van der Waals surface area contributed by atoms with E-state index in [4.69, 9.17) is 0 Å². The third-order valence-corrected chi connectivity index (χ3v) is 7.76. The van der Waals surface area contributed by atoms with Crippen LogP contribution in [0.1, 0.15) is 32.1 Å². The van der Waals surface area contributed by atoms with Crippen molar-refractivity contribution in [3.63, 3.8) is 0 Å². The van der Waals surface area contributed by atoms with Gasteiger partial charge >= 0.3 is 0 Å². The zero-order valence-electron chi connectivity index (χ0n) is 15.0. The predicted octanol–water partition coefficient (Wildman–Crippen LogP) is 3.98. The van der Waals surface area contributed by atoms with Crippen LogP contribution in [-0.2, 0) is 11.3 Å². The number of nitrogens with zero attached hydrogens (tertiary/aromatic N) is 3. The molecule has 1 aliphatic heterocycles. The third-order valence-electron chi connectivity index (χ3n) is 5.97. The molecule has 2 aliphatic rings. The molecule has 1 amide bonds. The van der Waals surface area contributed by atoms with Gasteiger partial charge in [-0.3, -0.25) is 14.2 Å². The van der Waals surface area contributed by atoms with Crippen molar-refractivity contribution in [3.05, 3.63) is 39.6 Å². The minimum absolute atomic E-state index is 0.0581. The molecule has 5 rings (SSSR count). The molecule has 0 aromatic carbocycles. The number of carbonyl (C=O) groups excluding carboxylic acids is 1. The molecule has 27 heavy (non-hydrogen) atoms. The van der Waals surface area contributed by atoms with Crippen LogP contribution in [0, 0.1) is 5.92 Å². The Morgan fingerprint density at radius 3 is 2.96 bits per heavy atom. The SMILES string of the molecule is O=C(Cn1cnc2scc(-c3cccs3)c2c1=O)N1CCCC2CCCC21. The van der Waals surface area contributed by atoms with E-state index < -0.39 is 0 Å². The van der Waals surface area contributed by atoms with E-state index in [1.807, 2.05) is 27.8 Å². The van der Waals surface area contributed by atoms with Gasteiger partial charge in [-0.05, 0) is 43.0 Å². The summed E-state index contributed by atoms with van der Waals surface area (Å²) in [7, 11) is 0. The zero-order chi connectivity index (χ0) is 18.4. The Balaban J connectivity index is 1.47. The zero-order valence-corrected chi connectivity index (χ0v) is 16.6. The molecule has 0 radical (unpaired) electrons. The van der Waals surface area contributed by atoms with Crippen molar-refractivity contribution in [2.24, 2.45) is 5.92 Å². The number of thiophene rings is 2. The topological polar surface area (TPSA) is 55.2 Å². The van der Waals surface area contributed by atoms with Crippen molar-refractivity contribution in [1.29, 1.82) is 0 Å². The summed E-state index contributed by atoms with van der Waals surface area (Å²) in [6.45, 7) is 0.911. The fourth-order valence-corrected chi connectivity index (χ4v) is 6.41. The van der Waals surface area contributed by atoms with Gasteiger partial charge in [-0.15, -0.1) is 22.7 Å². The fraction of sp³-hybridized carbons (Fsp3) is 0.450. The molecule has 2 unspecified atom stereocenters. The molecule has 5 nitrogen and oxygen atoms in total. The first kappa shape index (κ1) is 17.1. The van der Waals surface area contributed by atoms with Crippen LogP contribution in [-0.4, -0.2) is 32.9 Å². The van der Waals surface area contributed by atoms with Gasteiger partial charge in [0.25, 0.3) is 5.56 Å². The van der Waals surface area contributed by atoms with Crippen LogP contribution in [0.5, 0.6) is 0 Å². The van der Waals surface area contributed by atoms with Crippen LogP contribution < -0.4 is 5.56 Å². The molecule has 0 spiro atoms. The Morgan fingerprint density at radius 1 is 1.22 bits per heavy atom. The number of carbonyl (C=O) groups is 1. The smallest absolute Gasteiger partial charge is 0.263 e. The monoisotopic (exact) mass is 399 g/mol. The highest BCUT2D eigenvalue weighted by Crippen LogP contribution is 2.37. The lowest BCUT2D eigenvalue weighted by molar-refractivity contribution is -0.136. The average Bonchev–Trinajstić information content (AvgIpc) is 3.43. The second kappa shape index (κ2) is 6.87. The minimum atomic E-state index is -0.113. The standard InChI is InChI=1S/C20H21N3O2S2/c24-17(23-8-2-5-13-4-1-6-15(13)23)10-22-12-21-19-18(20(22)25)14(11-27-19)16-7-3-9-26-16/h3,7,9,11-13,15H,1-2,4-6,8,10H2. The number of hydrogen-bond acceptors (Lipinski definition) is 5. The maximum atomic E-state index is 13.1. The average molecular weight is 400 g/mol. The van der Waals surface area contributed by atoms with Crippen LogP contribution in [0.4, 0.5) is 0 Å². The Morgan fingerprint density at radius 2 is 2.11 bits per heavy atom. The molecule has 1 aliphatic carbocycles. The Hall–Kier alpha value is -1.99. The van der Waals surface area contributed by atoms with Gasteiger partial charge < -0.3 is 4.90 Å². The molecular weight excluding hydrogens is 378 g/mol. The summed E-state index contributed by atoms with van der Waals surface area (Å²) in [6.07, 6.45) is 7.41. The van der Waals surface area contributed by atoms with Crippen molar-refractivity contribution in [2.75, 3.05) is 6.54 Å². The highest BCUT2D eigenvalue weighted by atomic mass is 32.1. The molecule has 1 saturated carbocycles. The molecule has 3 aromatic rings. The largest absolute Gasteiger partial charge is 0.338 e. The molecule has 4 heterocycles. The lowest BCUT2D eigenvalue weighted by atomic mass is 9.92. The molecule has 1 saturated heterocycles. The van der Waals surface area contributed by atoms with Crippen molar-refractivity contribution in [3.8, 4) is 10.4 Å². The summed E-state index contributed by atoms with van der Waals surface area (Å²) >= 11 is 3.09. The maximum Gasteiger partial charge on any atom is 0.263 e. The van der Waals surface area contributed by atoms with E-state index in [9.17, 15) is 9.59 Å². The molecule has 0 N–H and O–H groups in total. The van der Waals surface area contributed by atoms with Gasteiger partial charge in [0.2, 0.25) is 5.91 Å². The van der Waals surface area contributed by atoms with Crippen LogP contribution >= 0.6 is 22.7 Å². The second-order valence-electron chi connectivity index (χ2n) is 7.47. The number of hydrogen-bond donors (Lipinski definition) is 0. The molecule has 3 aromatic heterocycles. The van der Waals surface area contributed by atoms with E-state index in [1.54, 1.807) is 11.3 Å². The third kappa shape index (κ3) is 2.93. The highest BCUT2D eigenvalue weighted by Gasteiger charge is 2.37.